The van der Waals surface area contributed by atoms with Gasteiger partial charge in [-0.3, -0.25) is 4.90 Å². The summed E-state index contributed by atoms with van der Waals surface area (Å²) in [5, 5.41) is 6.03. The van der Waals surface area contributed by atoms with Gasteiger partial charge in [-0.1, -0.05) is 19.1 Å². The first-order valence-electron chi connectivity index (χ1n) is 8.78. The number of nitrogens with zero attached hydrogens (tertiary/aromatic N) is 1. The zero-order valence-corrected chi connectivity index (χ0v) is 14.5. The Balaban J connectivity index is 1.49. The lowest BCUT2D eigenvalue weighted by molar-refractivity contribution is 0.205. The summed E-state index contributed by atoms with van der Waals surface area (Å²) in [5.74, 6) is 1.54. The number of nitrogens with one attached hydrogen (secondary N) is 2. The summed E-state index contributed by atoms with van der Waals surface area (Å²) < 4.78 is 11.1. The minimum atomic E-state index is -0.113. The molecule has 1 aromatic carbocycles. The van der Waals surface area contributed by atoms with E-state index in [-0.39, 0.29) is 12.1 Å². The lowest BCUT2D eigenvalue weighted by atomic mass is 10.0. The SMILES string of the molecule is CCN1CCCC1CNC(=O)NC1COc2c(cccc2OC)C1. The van der Waals surface area contributed by atoms with E-state index in [0.29, 0.717) is 19.2 Å². The third kappa shape index (κ3) is 3.75. The van der Waals surface area contributed by atoms with Crippen LogP contribution in [0.1, 0.15) is 25.3 Å². The van der Waals surface area contributed by atoms with Gasteiger partial charge in [-0.15, -0.1) is 0 Å². The molecule has 6 nitrogen and oxygen atoms in total. The summed E-state index contributed by atoms with van der Waals surface area (Å²) in [6, 6.07) is 6.19. The van der Waals surface area contributed by atoms with Gasteiger partial charge in [0.15, 0.2) is 11.5 Å². The number of hydrogen-bond donors (Lipinski definition) is 2. The average molecular weight is 333 g/mol. The maximum atomic E-state index is 12.2. The summed E-state index contributed by atoms with van der Waals surface area (Å²) in [6.07, 6.45) is 3.13. The van der Waals surface area contributed by atoms with Gasteiger partial charge >= 0.3 is 6.03 Å². The molecule has 0 bridgehead atoms. The van der Waals surface area contributed by atoms with E-state index in [2.05, 4.69) is 22.5 Å². The normalized spacial score (nSPS) is 23.2. The minimum Gasteiger partial charge on any atom is -0.493 e. The summed E-state index contributed by atoms with van der Waals surface area (Å²) in [4.78, 5) is 14.6. The number of amides is 2. The molecule has 1 aromatic rings. The van der Waals surface area contributed by atoms with E-state index >= 15 is 0 Å². The molecule has 3 rings (SSSR count). The number of para-hydroxylation sites is 1. The number of fused-ring (bicyclic) bond motifs is 1. The van der Waals surface area contributed by atoms with Crippen LogP contribution in [0.5, 0.6) is 11.5 Å². The molecule has 2 N–H and O–H groups in total. The third-order valence-corrected chi connectivity index (χ3v) is 4.91. The Bertz CT molecular complexity index is 579. The highest BCUT2D eigenvalue weighted by Crippen LogP contribution is 2.34. The summed E-state index contributed by atoms with van der Waals surface area (Å²) in [5.41, 5.74) is 1.07. The van der Waals surface area contributed by atoms with Crippen molar-refractivity contribution in [2.24, 2.45) is 0 Å². The predicted molar refractivity (Wildman–Crippen MR) is 92.8 cm³/mol. The lowest BCUT2D eigenvalue weighted by Crippen LogP contribution is -2.49. The monoisotopic (exact) mass is 333 g/mol. The molecule has 132 valence electrons. The van der Waals surface area contributed by atoms with Crippen molar-refractivity contribution < 1.29 is 14.3 Å². The molecule has 0 radical (unpaired) electrons. The second kappa shape index (κ2) is 7.75. The number of hydrogen-bond acceptors (Lipinski definition) is 4. The van der Waals surface area contributed by atoms with Gasteiger partial charge in [0.2, 0.25) is 0 Å². The van der Waals surface area contributed by atoms with E-state index in [1.807, 2.05) is 18.2 Å². The van der Waals surface area contributed by atoms with Crippen molar-refractivity contribution >= 4 is 6.03 Å². The maximum Gasteiger partial charge on any atom is 0.315 e. The number of methoxy groups -OCH3 is 1. The molecule has 0 aliphatic carbocycles. The quantitative estimate of drug-likeness (QED) is 0.862. The molecule has 2 heterocycles. The highest BCUT2D eigenvalue weighted by molar-refractivity contribution is 5.74. The van der Waals surface area contributed by atoms with Gasteiger partial charge in [0, 0.05) is 18.2 Å². The first kappa shape index (κ1) is 16.9. The van der Waals surface area contributed by atoms with Crippen molar-refractivity contribution in [2.45, 2.75) is 38.3 Å². The van der Waals surface area contributed by atoms with Crippen molar-refractivity contribution in [3.8, 4) is 11.5 Å². The van der Waals surface area contributed by atoms with Crippen molar-refractivity contribution in [3.63, 3.8) is 0 Å². The summed E-state index contributed by atoms with van der Waals surface area (Å²) >= 11 is 0. The Labute approximate surface area is 143 Å². The van der Waals surface area contributed by atoms with Crippen LogP contribution in [-0.2, 0) is 6.42 Å². The van der Waals surface area contributed by atoms with Crippen molar-refractivity contribution in [1.29, 1.82) is 0 Å². The first-order valence-corrected chi connectivity index (χ1v) is 8.78. The van der Waals surface area contributed by atoms with Crippen molar-refractivity contribution in [2.75, 3.05) is 33.4 Å². The minimum absolute atomic E-state index is 0.0181. The Morgan fingerprint density at radius 3 is 3.12 bits per heavy atom. The first-order chi connectivity index (χ1) is 11.7. The van der Waals surface area contributed by atoms with Gasteiger partial charge in [-0.05, 0) is 38.4 Å². The van der Waals surface area contributed by atoms with Crippen molar-refractivity contribution in [3.05, 3.63) is 23.8 Å². The molecule has 1 saturated heterocycles. The highest BCUT2D eigenvalue weighted by Gasteiger charge is 2.26. The summed E-state index contributed by atoms with van der Waals surface area (Å²) in [6.45, 7) is 5.52. The highest BCUT2D eigenvalue weighted by atomic mass is 16.5. The van der Waals surface area contributed by atoms with Crippen LogP contribution >= 0.6 is 0 Å². The van der Waals surface area contributed by atoms with E-state index in [0.717, 1.165) is 43.0 Å². The van der Waals surface area contributed by atoms with Gasteiger partial charge in [0.25, 0.3) is 0 Å². The molecule has 2 atom stereocenters. The molecule has 24 heavy (non-hydrogen) atoms. The topological polar surface area (TPSA) is 62.8 Å². The zero-order valence-electron chi connectivity index (χ0n) is 14.5. The number of likely N-dealkylation sites (N-methyl/N-ethyl adjacent to an activating group) is 1. The van der Waals surface area contributed by atoms with Crippen LogP contribution in [-0.4, -0.2) is 56.4 Å². The molecule has 2 aliphatic heterocycles. The summed E-state index contributed by atoms with van der Waals surface area (Å²) in [7, 11) is 1.64. The Hall–Kier alpha value is -1.95. The molecule has 2 aliphatic rings. The average Bonchev–Trinajstić information content (AvgIpc) is 3.06. The number of benzene rings is 1. The van der Waals surface area contributed by atoms with Crippen LogP contribution in [0.2, 0.25) is 0 Å². The number of ether oxygens (including phenoxy) is 2. The van der Waals surface area contributed by atoms with E-state index in [1.54, 1.807) is 7.11 Å². The van der Waals surface area contributed by atoms with Gasteiger partial charge in [-0.25, -0.2) is 4.79 Å². The molecule has 0 spiro atoms. The third-order valence-electron chi connectivity index (χ3n) is 4.91. The van der Waals surface area contributed by atoms with Gasteiger partial charge < -0.3 is 20.1 Å². The fourth-order valence-electron chi connectivity index (χ4n) is 3.64. The van der Waals surface area contributed by atoms with Crippen LogP contribution < -0.4 is 20.1 Å². The van der Waals surface area contributed by atoms with Gasteiger partial charge in [-0.2, -0.15) is 0 Å². The molecular formula is C18H27N3O3. The number of carbonyl (C=O) groups excluding carboxylic acids is 1. The molecule has 2 amide bonds. The molecule has 2 unspecified atom stereocenters. The van der Waals surface area contributed by atoms with Crippen LogP contribution in [0.25, 0.3) is 0 Å². The second-order valence-corrected chi connectivity index (χ2v) is 6.44. The molecular weight excluding hydrogens is 306 g/mol. The standard InChI is InChI=1S/C18H27N3O3/c1-3-21-9-5-7-15(21)11-19-18(22)20-14-10-13-6-4-8-16(23-2)17(13)24-12-14/h4,6,8,14-15H,3,5,7,9-12H2,1-2H3,(H2,19,20,22). The van der Waals surface area contributed by atoms with Crippen LogP contribution in [0.15, 0.2) is 18.2 Å². The molecule has 6 heteroatoms. The molecule has 0 aromatic heterocycles. The van der Waals surface area contributed by atoms with E-state index in [1.165, 1.54) is 6.42 Å². The fraction of sp³-hybridized carbons (Fsp3) is 0.611. The van der Waals surface area contributed by atoms with E-state index in [4.69, 9.17) is 9.47 Å². The molecule has 0 saturated carbocycles. The largest absolute Gasteiger partial charge is 0.493 e. The number of urea groups is 1. The van der Waals surface area contributed by atoms with Gasteiger partial charge in [0.05, 0.1) is 13.2 Å². The predicted octanol–water partition coefficient (Wildman–Crippen LogP) is 1.78. The zero-order chi connectivity index (χ0) is 16.9. The fourth-order valence-corrected chi connectivity index (χ4v) is 3.64. The lowest BCUT2D eigenvalue weighted by Gasteiger charge is -2.28. The number of rotatable bonds is 5. The van der Waals surface area contributed by atoms with E-state index < -0.39 is 0 Å². The molecule has 1 fully saturated rings. The second-order valence-electron chi connectivity index (χ2n) is 6.44. The van der Waals surface area contributed by atoms with Crippen LogP contribution in [0.4, 0.5) is 4.79 Å². The van der Waals surface area contributed by atoms with Crippen LogP contribution in [0, 0.1) is 0 Å². The number of carbonyl (C=O) groups is 1. The smallest absolute Gasteiger partial charge is 0.315 e. The van der Waals surface area contributed by atoms with E-state index in [9.17, 15) is 4.79 Å². The Morgan fingerprint density at radius 1 is 1.46 bits per heavy atom. The van der Waals surface area contributed by atoms with Crippen LogP contribution in [0.3, 0.4) is 0 Å². The van der Waals surface area contributed by atoms with Crippen molar-refractivity contribution in [1.82, 2.24) is 15.5 Å². The van der Waals surface area contributed by atoms with Gasteiger partial charge in [0.1, 0.15) is 6.61 Å². The Morgan fingerprint density at radius 2 is 2.33 bits per heavy atom. The Kier molecular flexibility index (Phi) is 5.45. The number of likely N-dealkylation sites (tertiary alicyclic amines) is 1. The maximum absolute atomic E-state index is 12.2.